The highest BCUT2D eigenvalue weighted by atomic mass is 16.2. The van der Waals surface area contributed by atoms with E-state index in [1.54, 1.807) is 0 Å². The highest BCUT2D eigenvalue weighted by Gasteiger charge is 2.33. The molecule has 5 heteroatoms. The lowest BCUT2D eigenvalue weighted by Gasteiger charge is -2.30. The molecule has 1 saturated carbocycles. The van der Waals surface area contributed by atoms with Crippen LogP contribution in [0.4, 0.5) is 4.79 Å². The SMILES string of the molecule is CC(C)[C@@H]([NH2+][C@H]1CCCC[C@@H]1C)C(=O)NC(N)=O. The molecule has 1 aliphatic carbocycles. The van der Waals surface area contributed by atoms with Crippen LogP contribution in [0, 0.1) is 11.8 Å². The minimum absolute atomic E-state index is 0.179. The van der Waals surface area contributed by atoms with E-state index in [4.69, 9.17) is 5.73 Å². The maximum atomic E-state index is 11.9. The van der Waals surface area contributed by atoms with Crippen LogP contribution in [-0.2, 0) is 4.79 Å². The van der Waals surface area contributed by atoms with Crippen LogP contribution in [-0.4, -0.2) is 24.0 Å². The second-order valence-corrected chi connectivity index (χ2v) is 5.74. The van der Waals surface area contributed by atoms with E-state index in [9.17, 15) is 9.59 Å². The summed E-state index contributed by atoms with van der Waals surface area (Å²) in [6.45, 7) is 6.23. The van der Waals surface area contributed by atoms with Crippen molar-refractivity contribution >= 4 is 11.9 Å². The minimum atomic E-state index is -0.768. The largest absolute Gasteiger partial charge is 0.351 e. The zero-order chi connectivity index (χ0) is 13.7. The second-order valence-electron chi connectivity index (χ2n) is 5.74. The summed E-state index contributed by atoms with van der Waals surface area (Å²) < 4.78 is 0. The molecular formula is C13H26N3O2+. The van der Waals surface area contributed by atoms with Gasteiger partial charge in [-0.2, -0.15) is 0 Å². The van der Waals surface area contributed by atoms with Crippen molar-refractivity contribution in [1.82, 2.24) is 5.32 Å². The molecule has 5 N–H and O–H groups in total. The molecular weight excluding hydrogens is 230 g/mol. The molecule has 3 amide bonds. The van der Waals surface area contributed by atoms with Gasteiger partial charge in [0.2, 0.25) is 0 Å². The van der Waals surface area contributed by atoms with Crippen molar-refractivity contribution in [3.63, 3.8) is 0 Å². The van der Waals surface area contributed by atoms with Crippen LogP contribution in [0.2, 0.25) is 0 Å². The molecule has 0 radical (unpaired) electrons. The number of nitrogens with one attached hydrogen (secondary N) is 1. The van der Waals surface area contributed by atoms with Crippen LogP contribution in [0.1, 0.15) is 46.5 Å². The maximum Gasteiger partial charge on any atom is 0.319 e. The quantitative estimate of drug-likeness (QED) is 0.677. The molecule has 1 fully saturated rings. The number of nitrogens with two attached hydrogens (primary N) is 2. The van der Waals surface area contributed by atoms with Gasteiger partial charge in [0.05, 0.1) is 6.04 Å². The van der Waals surface area contributed by atoms with Crippen molar-refractivity contribution in [2.45, 2.75) is 58.5 Å². The first-order valence-electron chi connectivity index (χ1n) is 6.87. The molecule has 0 saturated heterocycles. The summed E-state index contributed by atoms with van der Waals surface area (Å²) in [6.07, 6.45) is 4.89. The smallest absolute Gasteiger partial charge is 0.319 e. The van der Waals surface area contributed by atoms with E-state index < -0.39 is 6.03 Å². The third kappa shape index (κ3) is 4.29. The fourth-order valence-electron chi connectivity index (χ4n) is 2.71. The second kappa shape index (κ2) is 6.73. The molecule has 0 heterocycles. The van der Waals surface area contributed by atoms with Gasteiger partial charge >= 0.3 is 6.03 Å². The number of carbonyl (C=O) groups excluding carboxylic acids is 2. The highest BCUT2D eigenvalue weighted by molar-refractivity contribution is 5.95. The summed E-state index contributed by atoms with van der Waals surface area (Å²) >= 11 is 0. The number of quaternary nitrogens is 1. The van der Waals surface area contributed by atoms with Crippen LogP contribution in [0.3, 0.4) is 0 Å². The Kier molecular flexibility index (Phi) is 5.59. The number of rotatable bonds is 4. The van der Waals surface area contributed by atoms with E-state index >= 15 is 0 Å². The Balaban J connectivity index is 2.61. The normalized spacial score (nSPS) is 25.8. The van der Waals surface area contributed by atoms with Gasteiger partial charge in [0, 0.05) is 11.8 Å². The van der Waals surface area contributed by atoms with Gasteiger partial charge < -0.3 is 11.1 Å². The summed E-state index contributed by atoms with van der Waals surface area (Å²) in [7, 11) is 0. The van der Waals surface area contributed by atoms with Gasteiger partial charge in [-0.05, 0) is 19.3 Å². The van der Waals surface area contributed by atoms with Gasteiger partial charge in [-0.15, -0.1) is 0 Å². The van der Waals surface area contributed by atoms with Crippen LogP contribution in [0.25, 0.3) is 0 Å². The van der Waals surface area contributed by atoms with Gasteiger partial charge in [0.25, 0.3) is 5.91 Å². The number of urea groups is 1. The Hall–Kier alpha value is -1.10. The zero-order valence-corrected chi connectivity index (χ0v) is 11.6. The topological polar surface area (TPSA) is 88.8 Å². The Labute approximate surface area is 109 Å². The number of hydrogen-bond donors (Lipinski definition) is 3. The fourth-order valence-corrected chi connectivity index (χ4v) is 2.71. The predicted octanol–water partition coefficient (Wildman–Crippen LogP) is 0.348. The van der Waals surface area contributed by atoms with Crippen molar-refractivity contribution < 1.29 is 14.9 Å². The average molecular weight is 256 g/mol. The third-order valence-electron chi connectivity index (χ3n) is 3.90. The van der Waals surface area contributed by atoms with Gasteiger partial charge in [-0.1, -0.05) is 27.2 Å². The molecule has 104 valence electrons. The molecule has 0 aliphatic heterocycles. The van der Waals surface area contributed by atoms with E-state index in [1.165, 1.54) is 19.3 Å². The zero-order valence-electron chi connectivity index (χ0n) is 11.6. The lowest BCUT2D eigenvalue weighted by Crippen LogP contribution is -2.99. The molecule has 3 atom stereocenters. The molecule has 0 aromatic carbocycles. The average Bonchev–Trinajstić information content (AvgIpc) is 2.26. The predicted molar refractivity (Wildman–Crippen MR) is 69.7 cm³/mol. The molecule has 18 heavy (non-hydrogen) atoms. The Morgan fingerprint density at radius 2 is 1.89 bits per heavy atom. The number of carbonyl (C=O) groups is 2. The Morgan fingerprint density at radius 3 is 2.39 bits per heavy atom. The summed E-state index contributed by atoms with van der Waals surface area (Å²) in [5.74, 6) is 0.537. The molecule has 0 aromatic heterocycles. The maximum absolute atomic E-state index is 11.9. The summed E-state index contributed by atoms with van der Waals surface area (Å²) in [5, 5.41) is 4.33. The van der Waals surface area contributed by atoms with E-state index in [0.29, 0.717) is 12.0 Å². The standard InChI is InChI=1S/C13H25N3O2/c1-8(2)11(12(17)16-13(14)18)15-10-7-5-4-6-9(10)3/h8-11,15H,4-7H2,1-3H3,(H3,14,16,17,18)/p+1/t9-,10-,11+/m0/s1. The first kappa shape index (κ1) is 15.0. The summed E-state index contributed by atoms with van der Waals surface area (Å²) in [5.41, 5.74) is 5.01. The lowest BCUT2D eigenvalue weighted by atomic mass is 9.85. The van der Waals surface area contributed by atoms with Gasteiger partial charge in [-0.3, -0.25) is 10.1 Å². The van der Waals surface area contributed by atoms with Crippen LogP contribution in [0.15, 0.2) is 0 Å². The van der Waals surface area contributed by atoms with E-state index in [1.807, 2.05) is 13.8 Å². The lowest BCUT2D eigenvalue weighted by molar-refractivity contribution is -0.722. The summed E-state index contributed by atoms with van der Waals surface area (Å²) in [6, 6.07) is -0.524. The summed E-state index contributed by atoms with van der Waals surface area (Å²) in [4.78, 5) is 22.7. The first-order chi connectivity index (χ1) is 8.41. The molecule has 1 aliphatic rings. The van der Waals surface area contributed by atoms with Crippen LogP contribution < -0.4 is 16.4 Å². The monoisotopic (exact) mass is 256 g/mol. The molecule has 0 unspecified atom stereocenters. The molecule has 0 aromatic rings. The van der Waals surface area contributed by atoms with Gasteiger partial charge in [0.15, 0.2) is 6.04 Å². The Morgan fingerprint density at radius 1 is 1.28 bits per heavy atom. The molecule has 1 rings (SSSR count). The van der Waals surface area contributed by atoms with Crippen molar-refractivity contribution in [2.75, 3.05) is 0 Å². The van der Waals surface area contributed by atoms with Crippen molar-refractivity contribution in [3.8, 4) is 0 Å². The van der Waals surface area contributed by atoms with E-state index in [0.717, 1.165) is 6.42 Å². The number of imide groups is 1. The minimum Gasteiger partial charge on any atom is -0.351 e. The van der Waals surface area contributed by atoms with Crippen molar-refractivity contribution in [1.29, 1.82) is 0 Å². The van der Waals surface area contributed by atoms with Crippen LogP contribution in [0.5, 0.6) is 0 Å². The van der Waals surface area contributed by atoms with Crippen molar-refractivity contribution in [2.24, 2.45) is 17.6 Å². The van der Waals surface area contributed by atoms with E-state index in [2.05, 4.69) is 17.6 Å². The first-order valence-corrected chi connectivity index (χ1v) is 6.87. The van der Waals surface area contributed by atoms with Gasteiger partial charge in [0.1, 0.15) is 0 Å². The highest BCUT2D eigenvalue weighted by Crippen LogP contribution is 2.21. The van der Waals surface area contributed by atoms with E-state index in [-0.39, 0.29) is 17.9 Å². The fraction of sp³-hybridized carbons (Fsp3) is 0.846. The molecule has 0 bridgehead atoms. The number of primary amides is 1. The van der Waals surface area contributed by atoms with Crippen LogP contribution >= 0.6 is 0 Å². The molecule has 5 nitrogen and oxygen atoms in total. The van der Waals surface area contributed by atoms with Crippen molar-refractivity contribution in [3.05, 3.63) is 0 Å². The number of hydrogen-bond acceptors (Lipinski definition) is 2. The van der Waals surface area contributed by atoms with Gasteiger partial charge in [-0.25, -0.2) is 4.79 Å². The number of amides is 3. The third-order valence-corrected chi connectivity index (χ3v) is 3.90. The Bertz CT molecular complexity index is 305. The molecule has 0 spiro atoms.